The Morgan fingerprint density at radius 2 is 0.912 bits per heavy atom. The normalized spacial score (nSPS) is 20.8. The minimum Gasteiger partial charge on any atom is -0.459 e. The molecule has 10 aliphatic heterocycles. The van der Waals surface area contributed by atoms with Crippen molar-refractivity contribution in [2.45, 2.75) is 83.7 Å². The van der Waals surface area contributed by atoms with E-state index in [0.717, 1.165) is 54.9 Å². The fourth-order valence-corrected chi connectivity index (χ4v) is 19.2. The minimum atomic E-state index is 0.353. The first-order chi connectivity index (χ1) is 44.4. The van der Waals surface area contributed by atoms with Crippen LogP contribution >= 0.6 is 34.0 Å². The number of anilines is 9. The van der Waals surface area contributed by atoms with Crippen LogP contribution in [0.3, 0.4) is 0 Å². The summed E-state index contributed by atoms with van der Waals surface area (Å²) in [5.41, 5.74) is 19.6. The topological polar surface area (TPSA) is 58.7 Å². The van der Waals surface area contributed by atoms with Gasteiger partial charge in [-0.05, 0) is 126 Å². The Morgan fingerprint density at radius 3 is 1.62 bits per heavy atom. The molecule has 0 amide bonds. The van der Waals surface area contributed by atoms with Crippen LogP contribution in [0.1, 0.15) is 48.1 Å². The van der Waals surface area contributed by atoms with Crippen LogP contribution in [0, 0.1) is 0 Å². The Morgan fingerprint density at radius 1 is 0.396 bits per heavy atom. The molecule has 0 radical (unpaired) electrons. The molecule has 0 fully saturated rings. The lowest BCUT2D eigenvalue weighted by molar-refractivity contribution is 0.344. The van der Waals surface area contributed by atoms with E-state index < -0.39 is 0 Å². The van der Waals surface area contributed by atoms with E-state index in [2.05, 4.69) is 268 Å². The van der Waals surface area contributed by atoms with E-state index in [1.807, 2.05) is 46.9 Å². The molecule has 15 heteroatoms. The summed E-state index contributed by atoms with van der Waals surface area (Å²) < 4.78 is 15.0. The van der Waals surface area contributed by atoms with E-state index in [0.29, 0.717) is 30.8 Å². The summed E-state index contributed by atoms with van der Waals surface area (Å²) in [7, 11) is 10.9. The Hall–Kier alpha value is -9.28. The molecule has 5 aromatic heterocycles. The van der Waals surface area contributed by atoms with Crippen molar-refractivity contribution >= 4 is 138 Å². The van der Waals surface area contributed by atoms with Gasteiger partial charge in [0, 0.05) is 145 Å². The van der Waals surface area contributed by atoms with Crippen LogP contribution in [0.25, 0.3) is 52.9 Å². The summed E-state index contributed by atoms with van der Waals surface area (Å²) in [6.45, 7) is 6.55. The molecule has 0 aliphatic carbocycles. The van der Waals surface area contributed by atoms with Crippen LogP contribution in [-0.2, 0) is 32.1 Å². The van der Waals surface area contributed by atoms with Crippen LogP contribution in [0.2, 0.25) is 0 Å². The molecule has 7 aromatic carbocycles. The second kappa shape index (κ2) is 20.6. The zero-order valence-electron chi connectivity index (χ0n) is 52.3. The standard InChI is InChI=1S/2C17H14N2O.3C14H14N2S/c1-18-13-7-3-4-8-14(13)19-16(18)10-12-11-6-2-5-9-15(11)20-17(12)19;1-18-12-7-3-4-8-13(12)19-16(18)10-15-17(19)11-6-2-5-9-14(11)20-15;1-9-6-16-13-4-12-8-17-7-11(12)3-10(13)5-14(16)15(9)2;1-9-8-16-13(15(9)2)7-11-10-5-3-4-6-12(10)17-14(11)16;1-9-8-16-13(15(9)2)7-12-14(16)10-5-3-4-6-11(10)17-12/h2*2-9,16H,10H2,1H3;3-4,6-8,14H,5H2,1-2H3;2*3-6,8,13H,7H2,1-2H3. The molecule has 454 valence electrons. The van der Waals surface area contributed by atoms with Gasteiger partial charge in [-0.2, -0.15) is 11.3 Å². The highest BCUT2D eigenvalue weighted by molar-refractivity contribution is 7.23. The summed E-state index contributed by atoms with van der Waals surface area (Å²) in [6, 6.07) is 56.0. The zero-order chi connectivity index (χ0) is 61.2. The van der Waals surface area contributed by atoms with Gasteiger partial charge >= 0.3 is 0 Å². The summed E-state index contributed by atoms with van der Waals surface area (Å²) in [5, 5.41) is 14.0. The van der Waals surface area contributed by atoms with Gasteiger partial charge in [0.05, 0.1) is 34.1 Å². The largest absolute Gasteiger partial charge is 0.459 e. The first kappa shape index (κ1) is 54.6. The number of hydrogen-bond donors (Lipinski definition) is 0. The summed E-state index contributed by atoms with van der Waals surface area (Å²) in [5.74, 6) is 2.13. The maximum Gasteiger partial charge on any atom is 0.206 e. The van der Waals surface area contributed by atoms with Crippen LogP contribution in [0.4, 0.5) is 50.7 Å². The molecule has 91 heavy (non-hydrogen) atoms. The highest BCUT2D eigenvalue weighted by Crippen LogP contribution is 2.55. The van der Waals surface area contributed by atoms with Gasteiger partial charge in [0.15, 0.2) is 0 Å². The SMILES string of the molecule is CC1=CN2c3c(sc4ccccc34)CC2N1C.CC1=CN2c3cc4cscc4cc3CC2N1C.CC1=CN2c3sc4ccccc4c3CC2N1C.CN1c2ccccc2N2c3c(oc4ccccc34)CC12.CN1c2ccccc2N2c3oc4ccccc4c3CC12. The number of rotatable bonds is 0. The molecule has 5 unspecified atom stereocenters. The van der Waals surface area contributed by atoms with Gasteiger partial charge < -0.3 is 52.9 Å². The van der Waals surface area contributed by atoms with Crippen molar-refractivity contribution in [1.82, 2.24) is 14.7 Å². The first-order valence-electron chi connectivity index (χ1n) is 31.8. The van der Waals surface area contributed by atoms with Crippen molar-refractivity contribution in [3.05, 3.63) is 232 Å². The lowest BCUT2D eigenvalue weighted by atomic mass is 10.1. The quantitative estimate of drug-likeness (QED) is 0.145. The predicted molar refractivity (Wildman–Crippen MR) is 381 cm³/mol. The molecule has 0 bridgehead atoms. The smallest absolute Gasteiger partial charge is 0.206 e. The Bertz CT molecular complexity index is 4990. The van der Waals surface area contributed by atoms with Crippen LogP contribution in [-0.4, -0.2) is 80.8 Å². The van der Waals surface area contributed by atoms with Gasteiger partial charge in [0.1, 0.15) is 52.8 Å². The zero-order valence-corrected chi connectivity index (χ0v) is 54.8. The van der Waals surface area contributed by atoms with E-state index in [4.69, 9.17) is 8.83 Å². The third-order valence-corrected chi connectivity index (χ3v) is 24.1. The molecule has 0 N–H and O–H groups in total. The van der Waals surface area contributed by atoms with E-state index in [9.17, 15) is 0 Å². The Balaban J connectivity index is 0.0000000845. The van der Waals surface area contributed by atoms with Crippen molar-refractivity contribution in [2.75, 3.05) is 69.5 Å². The number of hydrogen-bond acceptors (Lipinski definition) is 15. The summed E-state index contributed by atoms with van der Waals surface area (Å²) >= 11 is 5.66. The van der Waals surface area contributed by atoms with Crippen LogP contribution in [0.5, 0.6) is 0 Å². The third kappa shape index (κ3) is 8.22. The number of thiophene rings is 3. The molecule has 0 saturated carbocycles. The maximum absolute atomic E-state index is 6.13. The van der Waals surface area contributed by atoms with Gasteiger partial charge in [-0.3, -0.25) is 4.90 Å². The molecule has 0 saturated heterocycles. The van der Waals surface area contributed by atoms with Gasteiger partial charge in [0.25, 0.3) is 0 Å². The molecule has 12 aromatic rings. The third-order valence-electron chi connectivity index (χ3n) is 20.9. The highest BCUT2D eigenvalue weighted by atomic mass is 32.1. The monoisotopic (exact) mass is 1250 g/mol. The molecule has 5 atom stereocenters. The fourth-order valence-electron chi connectivity index (χ4n) is 15.9. The van der Waals surface area contributed by atoms with E-state index in [1.54, 1.807) is 11.3 Å². The average Bonchev–Trinajstić information content (AvgIpc) is 1.59. The number of fused-ring (bicyclic) bond motifs is 28. The van der Waals surface area contributed by atoms with Gasteiger partial charge in [-0.1, -0.05) is 91.0 Å². The average molecular weight is 1250 g/mol. The molecular formula is C76H70N10O2S3. The summed E-state index contributed by atoms with van der Waals surface area (Å²) in [4.78, 5) is 25.4. The molecule has 0 spiro atoms. The fraction of sp³-hybridized carbons (Fsp3) is 0.237. The van der Waals surface area contributed by atoms with Crippen LogP contribution in [0.15, 0.2) is 213 Å². The minimum absolute atomic E-state index is 0.353. The number of likely N-dealkylation sites (N-methyl/N-ethyl adjacent to an activating group) is 5. The number of benzene rings is 7. The van der Waals surface area contributed by atoms with Crippen molar-refractivity contribution < 1.29 is 8.83 Å². The van der Waals surface area contributed by atoms with Crippen molar-refractivity contribution in [1.29, 1.82) is 0 Å². The number of allylic oxidation sites excluding steroid dienone is 3. The first-order valence-corrected chi connectivity index (χ1v) is 34.3. The number of furan rings is 2. The van der Waals surface area contributed by atoms with Crippen LogP contribution < -0.4 is 34.3 Å². The van der Waals surface area contributed by atoms with Crippen molar-refractivity contribution in [3.63, 3.8) is 0 Å². The van der Waals surface area contributed by atoms with E-state index >= 15 is 0 Å². The predicted octanol–water partition coefficient (Wildman–Crippen LogP) is 18.0. The molecule has 22 rings (SSSR count). The lowest BCUT2D eigenvalue weighted by Gasteiger charge is -2.25. The van der Waals surface area contributed by atoms with Gasteiger partial charge in [-0.25, -0.2) is 0 Å². The van der Waals surface area contributed by atoms with E-state index in [1.165, 1.54) is 125 Å². The molecule has 15 heterocycles. The van der Waals surface area contributed by atoms with Gasteiger partial charge in [0.2, 0.25) is 5.88 Å². The molecule has 10 aliphatic rings. The Kier molecular flexibility index (Phi) is 12.4. The van der Waals surface area contributed by atoms with Crippen molar-refractivity contribution in [2.24, 2.45) is 0 Å². The Labute approximate surface area is 542 Å². The number of nitrogens with zero attached hydrogens (tertiary/aromatic N) is 10. The van der Waals surface area contributed by atoms with E-state index in [-0.39, 0.29) is 0 Å². The maximum atomic E-state index is 6.13. The lowest BCUT2D eigenvalue weighted by Crippen LogP contribution is -2.36. The highest BCUT2D eigenvalue weighted by Gasteiger charge is 2.46. The summed E-state index contributed by atoms with van der Waals surface area (Å²) in [6.07, 6.45) is 14.5. The second-order valence-corrected chi connectivity index (χ2v) is 28.6. The second-order valence-electron chi connectivity index (χ2n) is 25.7. The van der Waals surface area contributed by atoms with Gasteiger partial charge in [-0.15, -0.1) is 22.7 Å². The molecule has 12 nitrogen and oxygen atoms in total. The number of para-hydroxylation sites is 6. The molecular weight excluding hydrogens is 1180 g/mol. The van der Waals surface area contributed by atoms with Crippen molar-refractivity contribution in [3.8, 4) is 0 Å².